The first-order valence-corrected chi connectivity index (χ1v) is 14.4. The van der Waals surface area contributed by atoms with E-state index in [2.05, 4.69) is 41.7 Å². The van der Waals surface area contributed by atoms with Crippen molar-refractivity contribution >= 4 is 52.1 Å². The highest BCUT2D eigenvalue weighted by Crippen LogP contribution is 2.30. The molecule has 3 aromatic heterocycles. The van der Waals surface area contributed by atoms with Crippen molar-refractivity contribution < 1.29 is 14.0 Å². The fraction of sp³-hybridized carbons (Fsp3) is 0.345. The summed E-state index contributed by atoms with van der Waals surface area (Å²) in [6.45, 7) is 1.92. The van der Waals surface area contributed by atoms with E-state index in [1.165, 1.54) is 23.0 Å². The van der Waals surface area contributed by atoms with Gasteiger partial charge in [0.25, 0.3) is 5.91 Å². The molecule has 0 aliphatic heterocycles. The maximum absolute atomic E-state index is 14.1. The first-order chi connectivity index (χ1) is 20.3. The molecule has 1 aromatic carbocycles. The van der Waals surface area contributed by atoms with Crippen LogP contribution < -0.4 is 26.6 Å². The lowest BCUT2D eigenvalue weighted by molar-refractivity contribution is 0.102. The lowest BCUT2D eigenvalue weighted by Gasteiger charge is -2.30. The Bertz CT molecular complexity index is 1610. The Labute approximate surface area is 246 Å². The van der Waals surface area contributed by atoms with Gasteiger partial charge < -0.3 is 26.6 Å². The molecule has 3 heterocycles. The number of urea groups is 1. The summed E-state index contributed by atoms with van der Waals surface area (Å²) in [5, 5.41) is 20.7. The van der Waals surface area contributed by atoms with E-state index in [1.54, 1.807) is 6.07 Å². The number of imidazole rings is 1. The molecule has 0 bridgehead atoms. The number of fused-ring (bicyclic) bond motifs is 1. The van der Waals surface area contributed by atoms with Crippen LogP contribution in [0.4, 0.5) is 32.1 Å². The molecular formula is C29H31ClFN9O2. The Morgan fingerprint density at radius 1 is 0.929 bits per heavy atom. The largest absolute Gasteiger partial charge is 0.379 e. The van der Waals surface area contributed by atoms with Gasteiger partial charge in [0.15, 0.2) is 17.2 Å². The Morgan fingerprint density at radius 3 is 2.40 bits per heavy atom. The number of carbonyl (C=O) groups excluding carboxylic acids is 2. The van der Waals surface area contributed by atoms with Crippen LogP contribution in [0.5, 0.6) is 0 Å². The molecule has 2 aliphatic carbocycles. The van der Waals surface area contributed by atoms with Gasteiger partial charge in [-0.1, -0.05) is 11.6 Å². The van der Waals surface area contributed by atoms with Gasteiger partial charge in [0.05, 0.1) is 23.8 Å². The van der Waals surface area contributed by atoms with Crippen LogP contribution in [0, 0.1) is 12.7 Å². The zero-order valence-corrected chi connectivity index (χ0v) is 23.7. The number of pyridine rings is 1. The molecule has 2 fully saturated rings. The van der Waals surface area contributed by atoms with Gasteiger partial charge in [0.2, 0.25) is 0 Å². The molecule has 42 heavy (non-hydrogen) atoms. The van der Waals surface area contributed by atoms with Crippen molar-refractivity contribution in [2.75, 3.05) is 21.3 Å². The lowest BCUT2D eigenvalue weighted by Crippen LogP contribution is -2.42. The Balaban J connectivity index is 1.12. The minimum atomic E-state index is -0.631. The Kier molecular flexibility index (Phi) is 7.79. The summed E-state index contributed by atoms with van der Waals surface area (Å²) in [5.74, 6) is -0.570. The van der Waals surface area contributed by atoms with E-state index in [9.17, 15) is 14.0 Å². The minimum absolute atomic E-state index is 0.0253. The molecular weight excluding hydrogens is 561 g/mol. The topological polar surface area (TPSA) is 137 Å². The zero-order valence-electron chi connectivity index (χ0n) is 23.0. The first kappa shape index (κ1) is 27.7. The average molecular weight is 592 g/mol. The highest BCUT2D eigenvalue weighted by atomic mass is 35.5. The van der Waals surface area contributed by atoms with Gasteiger partial charge >= 0.3 is 6.03 Å². The molecule has 3 amide bonds. The fourth-order valence-electron chi connectivity index (χ4n) is 5.16. The van der Waals surface area contributed by atoms with Crippen molar-refractivity contribution in [2.45, 2.75) is 63.6 Å². The molecule has 2 saturated carbocycles. The fourth-order valence-corrected chi connectivity index (χ4v) is 5.45. The van der Waals surface area contributed by atoms with Crippen molar-refractivity contribution in [3.8, 4) is 0 Å². The molecule has 0 spiro atoms. The van der Waals surface area contributed by atoms with Crippen LogP contribution in [0.25, 0.3) is 5.65 Å². The van der Waals surface area contributed by atoms with Crippen molar-refractivity contribution in [1.29, 1.82) is 0 Å². The summed E-state index contributed by atoms with van der Waals surface area (Å²) in [4.78, 5) is 33.8. The van der Waals surface area contributed by atoms with Crippen LogP contribution in [0.2, 0.25) is 5.02 Å². The van der Waals surface area contributed by atoms with Crippen molar-refractivity contribution in [2.24, 2.45) is 0 Å². The van der Waals surface area contributed by atoms with E-state index in [4.69, 9.17) is 11.6 Å². The first-order valence-electron chi connectivity index (χ1n) is 14.0. The summed E-state index contributed by atoms with van der Waals surface area (Å²) in [7, 11) is 0. The number of nitrogens with one attached hydrogen (secondary N) is 5. The number of benzene rings is 1. The van der Waals surface area contributed by atoms with Gasteiger partial charge in [-0.2, -0.15) is 0 Å². The number of carbonyl (C=O) groups is 2. The molecule has 13 heteroatoms. The maximum Gasteiger partial charge on any atom is 0.319 e. The number of aromatic nitrogens is 4. The second kappa shape index (κ2) is 11.8. The number of rotatable bonds is 8. The molecule has 0 unspecified atom stereocenters. The molecule has 11 nitrogen and oxygen atoms in total. The predicted molar refractivity (Wildman–Crippen MR) is 160 cm³/mol. The molecule has 0 atom stereocenters. The highest BCUT2D eigenvalue weighted by Gasteiger charge is 2.26. The molecule has 6 rings (SSSR count). The van der Waals surface area contributed by atoms with Crippen LogP contribution in [-0.2, 0) is 0 Å². The Morgan fingerprint density at radius 2 is 1.67 bits per heavy atom. The number of nitrogens with zero attached hydrogens (tertiary/aromatic N) is 4. The quantitative estimate of drug-likeness (QED) is 0.180. The third-order valence-electron chi connectivity index (χ3n) is 7.37. The van der Waals surface area contributed by atoms with E-state index >= 15 is 0 Å². The second-order valence-corrected chi connectivity index (χ2v) is 11.3. The number of hydrogen-bond donors (Lipinski definition) is 5. The summed E-state index contributed by atoms with van der Waals surface area (Å²) < 4.78 is 15.6. The van der Waals surface area contributed by atoms with Crippen LogP contribution in [-0.4, -0.2) is 49.6 Å². The van der Waals surface area contributed by atoms with Gasteiger partial charge in [-0.3, -0.25) is 9.78 Å². The van der Waals surface area contributed by atoms with E-state index in [0.717, 1.165) is 56.0 Å². The van der Waals surface area contributed by atoms with E-state index in [1.807, 2.05) is 25.1 Å². The van der Waals surface area contributed by atoms with Crippen LogP contribution in [0.3, 0.4) is 0 Å². The molecule has 218 valence electrons. The molecule has 0 radical (unpaired) electrons. The average Bonchev–Trinajstić information content (AvgIpc) is 3.65. The predicted octanol–water partition coefficient (Wildman–Crippen LogP) is 5.60. The summed E-state index contributed by atoms with van der Waals surface area (Å²) >= 11 is 6.11. The van der Waals surface area contributed by atoms with Gasteiger partial charge in [0.1, 0.15) is 5.82 Å². The number of hydrogen-bond acceptors (Lipinski definition) is 7. The monoisotopic (exact) mass is 591 g/mol. The van der Waals surface area contributed by atoms with Gasteiger partial charge in [-0.15, -0.1) is 5.10 Å². The summed E-state index contributed by atoms with van der Waals surface area (Å²) in [6.07, 6.45) is 9.25. The maximum atomic E-state index is 14.1. The van der Waals surface area contributed by atoms with Crippen LogP contribution in [0.15, 0.2) is 48.9 Å². The summed E-state index contributed by atoms with van der Waals surface area (Å²) in [6, 6.07) is 9.01. The van der Waals surface area contributed by atoms with E-state index < -0.39 is 11.7 Å². The molecule has 2 aliphatic rings. The van der Waals surface area contributed by atoms with Crippen LogP contribution in [0.1, 0.15) is 54.6 Å². The van der Waals surface area contributed by atoms with Crippen molar-refractivity contribution in [3.63, 3.8) is 0 Å². The van der Waals surface area contributed by atoms with Gasteiger partial charge in [-0.05, 0) is 75.3 Å². The highest BCUT2D eigenvalue weighted by molar-refractivity contribution is 6.31. The third kappa shape index (κ3) is 6.54. The zero-order chi connectivity index (χ0) is 29.2. The lowest BCUT2D eigenvalue weighted by atomic mass is 9.91. The van der Waals surface area contributed by atoms with Crippen molar-refractivity contribution in [3.05, 3.63) is 71.0 Å². The number of aryl methyl sites for hydroxylation is 1. The second-order valence-electron chi connectivity index (χ2n) is 10.9. The smallest absolute Gasteiger partial charge is 0.319 e. The Hall–Kier alpha value is -4.45. The number of amides is 3. The number of halogens is 2. The summed E-state index contributed by atoms with van der Waals surface area (Å²) in [5.41, 5.74) is 3.12. The third-order valence-corrected chi connectivity index (χ3v) is 7.59. The van der Waals surface area contributed by atoms with Gasteiger partial charge in [0, 0.05) is 41.1 Å². The minimum Gasteiger partial charge on any atom is -0.379 e. The standard InChI is InChI=1S/C29H31ClFN9O2/c1-16-10-17(30)12-21(11-16)37-29(42)36-20-6-4-19(5-7-20)35-26-13-24(34-18-2-3-18)27-33-15-25(40(27)39-26)28(41)38-23-8-9-32-14-22(23)31/h8-15,18-20,34H,2-7H2,1H3,(H,35,39)(H,32,38,41)(H2,36,37,42)/t19-,20-. The normalized spacial score (nSPS) is 18.4. The molecule has 0 saturated heterocycles. The van der Waals surface area contributed by atoms with E-state index in [-0.39, 0.29) is 29.5 Å². The van der Waals surface area contributed by atoms with Crippen molar-refractivity contribution in [1.82, 2.24) is 24.9 Å². The van der Waals surface area contributed by atoms with Crippen LogP contribution >= 0.6 is 11.6 Å². The van der Waals surface area contributed by atoms with E-state index in [0.29, 0.717) is 28.2 Å². The molecule has 5 N–H and O–H groups in total. The SMILES string of the molecule is Cc1cc(Cl)cc(NC(=O)N[C@H]2CC[C@H](Nc3cc(NC4CC4)c4ncc(C(=O)Nc5ccncc5F)n4n3)CC2)c1. The number of anilines is 4. The van der Waals surface area contributed by atoms with Gasteiger partial charge in [-0.25, -0.2) is 18.7 Å². The molecule has 4 aromatic rings.